The predicted octanol–water partition coefficient (Wildman–Crippen LogP) is 1.31. The molecule has 7 heteroatoms. The summed E-state index contributed by atoms with van der Waals surface area (Å²) in [7, 11) is 1.59. The van der Waals surface area contributed by atoms with Gasteiger partial charge in [0.1, 0.15) is 12.4 Å². The molecule has 1 aromatic carbocycles. The molecule has 20 heavy (non-hydrogen) atoms. The first-order valence-corrected chi connectivity index (χ1v) is 6.10. The van der Waals surface area contributed by atoms with Gasteiger partial charge in [-0.05, 0) is 12.1 Å². The Morgan fingerprint density at radius 2 is 2.10 bits per heavy atom. The van der Waals surface area contributed by atoms with E-state index in [1.54, 1.807) is 31.4 Å². The van der Waals surface area contributed by atoms with Crippen LogP contribution >= 0.6 is 0 Å². The van der Waals surface area contributed by atoms with Gasteiger partial charge in [0.2, 0.25) is 0 Å². The van der Waals surface area contributed by atoms with Crippen molar-refractivity contribution in [2.24, 2.45) is 0 Å². The summed E-state index contributed by atoms with van der Waals surface area (Å²) in [6.45, 7) is 0.975. The van der Waals surface area contributed by atoms with E-state index in [2.05, 4.69) is 10.6 Å². The molecule has 7 nitrogen and oxygen atoms in total. The Hall–Kier alpha value is -2.28. The first-order chi connectivity index (χ1) is 9.61. The molecule has 0 aliphatic heterocycles. The van der Waals surface area contributed by atoms with E-state index in [-0.39, 0.29) is 13.0 Å². The van der Waals surface area contributed by atoms with Gasteiger partial charge in [0.25, 0.3) is 0 Å². The highest BCUT2D eigenvalue weighted by molar-refractivity contribution is 5.89. The van der Waals surface area contributed by atoms with Gasteiger partial charge in [-0.15, -0.1) is 0 Å². The summed E-state index contributed by atoms with van der Waals surface area (Å²) in [6.07, 6.45) is -0.117. The van der Waals surface area contributed by atoms with Gasteiger partial charge in [-0.3, -0.25) is 4.79 Å². The van der Waals surface area contributed by atoms with Crippen LogP contribution in [-0.4, -0.2) is 44.0 Å². The Kier molecular flexibility index (Phi) is 6.91. The average molecular weight is 282 g/mol. The van der Waals surface area contributed by atoms with Crippen molar-refractivity contribution in [1.29, 1.82) is 0 Å². The Bertz CT molecular complexity index is 450. The number of carboxylic acids is 1. The second-order valence-electron chi connectivity index (χ2n) is 3.89. The number of amides is 2. The van der Waals surface area contributed by atoms with E-state index in [4.69, 9.17) is 14.6 Å². The maximum absolute atomic E-state index is 11.5. The number of anilines is 1. The second kappa shape index (κ2) is 8.76. The third-order valence-electron chi connectivity index (χ3n) is 2.27. The Balaban J connectivity index is 2.40. The number of ether oxygens (including phenoxy) is 2. The minimum atomic E-state index is -0.959. The molecule has 1 rings (SSSR count). The zero-order valence-corrected chi connectivity index (χ0v) is 11.2. The number of benzene rings is 1. The van der Waals surface area contributed by atoms with Crippen molar-refractivity contribution >= 4 is 17.7 Å². The molecular formula is C13H18N2O5. The molecule has 0 radical (unpaired) electrons. The number of methoxy groups -OCH3 is 1. The molecule has 0 saturated heterocycles. The van der Waals surface area contributed by atoms with E-state index < -0.39 is 12.0 Å². The predicted molar refractivity (Wildman–Crippen MR) is 73.1 cm³/mol. The van der Waals surface area contributed by atoms with E-state index in [1.807, 2.05) is 0 Å². The Morgan fingerprint density at radius 3 is 2.80 bits per heavy atom. The lowest BCUT2D eigenvalue weighted by atomic mass is 10.3. The van der Waals surface area contributed by atoms with Gasteiger partial charge in [-0.25, -0.2) is 4.79 Å². The zero-order valence-electron chi connectivity index (χ0n) is 11.2. The quantitative estimate of drug-likeness (QED) is 0.625. The Labute approximate surface area is 116 Å². The minimum absolute atomic E-state index is 0.0746. The molecule has 0 bridgehead atoms. The first-order valence-electron chi connectivity index (χ1n) is 6.10. The van der Waals surface area contributed by atoms with Crippen molar-refractivity contribution in [3.05, 3.63) is 24.3 Å². The monoisotopic (exact) mass is 282 g/mol. The highest BCUT2D eigenvalue weighted by Crippen LogP contribution is 2.17. The third kappa shape index (κ3) is 6.60. The van der Waals surface area contributed by atoms with Gasteiger partial charge in [-0.1, -0.05) is 6.07 Å². The number of carboxylic acid groups (broad SMARTS) is 1. The van der Waals surface area contributed by atoms with Crippen molar-refractivity contribution < 1.29 is 24.2 Å². The fraction of sp³-hybridized carbons (Fsp3) is 0.385. The van der Waals surface area contributed by atoms with Crippen LogP contribution in [0.1, 0.15) is 6.42 Å². The number of carbonyl (C=O) groups is 2. The summed E-state index contributed by atoms with van der Waals surface area (Å²) in [5.74, 6) is -0.343. The minimum Gasteiger partial charge on any atom is -0.491 e. The second-order valence-corrected chi connectivity index (χ2v) is 3.89. The van der Waals surface area contributed by atoms with Gasteiger partial charge in [0.15, 0.2) is 0 Å². The number of hydrogen-bond donors (Lipinski definition) is 3. The molecule has 0 atom stereocenters. The smallest absolute Gasteiger partial charge is 0.319 e. The molecule has 0 fully saturated rings. The van der Waals surface area contributed by atoms with E-state index in [9.17, 15) is 9.59 Å². The largest absolute Gasteiger partial charge is 0.491 e. The molecule has 0 spiro atoms. The molecule has 110 valence electrons. The highest BCUT2D eigenvalue weighted by Gasteiger charge is 2.04. The summed E-state index contributed by atoms with van der Waals surface area (Å²) in [4.78, 5) is 21.8. The number of hydrogen-bond acceptors (Lipinski definition) is 4. The van der Waals surface area contributed by atoms with Crippen LogP contribution in [0.25, 0.3) is 0 Å². The number of nitrogens with one attached hydrogen (secondary N) is 2. The van der Waals surface area contributed by atoms with Crippen LogP contribution in [0.5, 0.6) is 5.75 Å². The van der Waals surface area contributed by atoms with Crippen LogP contribution in [0, 0.1) is 0 Å². The standard InChI is InChI=1S/C13H18N2O5/c1-19-7-8-20-11-4-2-3-10(9-11)15-13(18)14-6-5-12(16)17/h2-4,9H,5-8H2,1H3,(H,16,17)(H2,14,15,18). The summed E-state index contributed by atoms with van der Waals surface area (Å²) < 4.78 is 10.3. The SMILES string of the molecule is COCCOc1cccc(NC(=O)NCCC(=O)O)c1. The zero-order chi connectivity index (χ0) is 14.8. The van der Waals surface area contributed by atoms with Gasteiger partial charge >= 0.3 is 12.0 Å². The number of rotatable bonds is 8. The normalized spacial score (nSPS) is 9.85. The molecule has 2 amide bonds. The summed E-state index contributed by atoms with van der Waals surface area (Å²) in [5.41, 5.74) is 0.563. The third-order valence-corrected chi connectivity index (χ3v) is 2.27. The molecule has 0 aromatic heterocycles. The van der Waals surface area contributed by atoms with Crippen LogP contribution in [0.2, 0.25) is 0 Å². The fourth-order valence-electron chi connectivity index (χ4n) is 1.36. The van der Waals surface area contributed by atoms with Gasteiger partial charge in [0.05, 0.1) is 13.0 Å². The van der Waals surface area contributed by atoms with Gasteiger partial charge in [-0.2, -0.15) is 0 Å². The number of urea groups is 1. The lowest BCUT2D eigenvalue weighted by Gasteiger charge is -2.09. The highest BCUT2D eigenvalue weighted by atomic mass is 16.5. The molecule has 0 heterocycles. The summed E-state index contributed by atoms with van der Waals surface area (Å²) in [5, 5.41) is 13.5. The van der Waals surface area contributed by atoms with E-state index >= 15 is 0 Å². The van der Waals surface area contributed by atoms with Crippen LogP contribution in [0.4, 0.5) is 10.5 Å². The summed E-state index contributed by atoms with van der Waals surface area (Å²) >= 11 is 0. The van der Waals surface area contributed by atoms with Gasteiger partial charge < -0.3 is 25.2 Å². The molecule has 3 N–H and O–H groups in total. The maximum Gasteiger partial charge on any atom is 0.319 e. The molecule has 1 aromatic rings. The van der Waals surface area contributed by atoms with Crippen molar-refractivity contribution in [1.82, 2.24) is 5.32 Å². The topological polar surface area (TPSA) is 96.9 Å². The van der Waals surface area contributed by atoms with Crippen molar-refractivity contribution in [2.75, 3.05) is 32.2 Å². The number of aliphatic carboxylic acids is 1. The molecule has 0 aliphatic rings. The first kappa shape index (κ1) is 15.8. The van der Waals surface area contributed by atoms with Crippen molar-refractivity contribution in [3.8, 4) is 5.75 Å². The fourth-order valence-corrected chi connectivity index (χ4v) is 1.36. The molecule has 0 aliphatic carbocycles. The lowest BCUT2D eigenvalue weighted by molar-refractivity contribution is -0.136. The average Bonchev–Trinajstić information content (AvgIpc) is 2.39. The van der Waals surface area contributed by atoms with Crippen molar-refractivity contribution in [3.63, 3.8) is 0 Å². The van der Waals surface area contributed by atoms with Crippen LogP contribution < -0.4 is 15.4 Å². The summed E-state index contributed by atoms with van der Waals surface area (Å²) in [6, 6.07) is 6.44. The van der Waals surface area contributed by atoms with E-state index in [1.165, 1.54) is 0 Å². The maximum atomic E-state index is 11.5. The van der Waals surface area contributed by atoms with Crippen molar-refractivity contribution in [2.45, 2.75) is 6.42 Å². The van der Waals surface area contributed by atoms with Crippen LogP contribution in [0.15, 0.2) is 24.3 Å². The Morgan fingerprint density at radius 1 is 1.30 bits per heavy atom. The molecule has 0 unspecified atom stereocenters. The molecular weight excluding hydrogens is 264 g/mol. The van der Waals surface area contributed by atoms with E-state index in [0.29, 0.717) is 24.7 Å². The van der Waals surface area contributed by atoms with E-state index in [0.717, 1.165) is 0 Å². The number of carbonyl (C=O) groups excluding carboxylic acids is 1. The lowest BCUT2D eigenvalue weighted by Crippen LogP contribution is -2.30. The van der Waals surface area contributed by atoms with Crippen LogP contribution in [0.3, 0.4) is 0 Å². The van der Waals surface area contributed by atoms with Crippen LogP contribution in [-0.2, 0) is 9.53 Å². The van der Waals surface area contributed by atoms with Gasteiger partial charge in [0, 0.05) is 25.4 Å². The molecule has 0 saturated carbocycles.